The largest absolute Gasteiger partial charge is 1.00 e. The first-order valence-electron chi connectivity index (χ1n) is 20.7. The summed E-state index contributed by atoms with van der Waals surface area (Å²) < 4.78 is 3.28. The fourth-order valence-corrected chi connectivity index (χ4v) is 8.09. The minimum atomic E-state index is -1.28. The average molecular weight is 878 g/mol. The second kappa shape index (κ2) is 23.1. The van der Waals surface area contributed by atoms with Crippen LogP contribution in [0.2, 0.25) is 10.3 Å². The van der Waals surface area contributed by atoms with E-state index in [0.717, 1.165) is 78.2 Å². The number of pyridine rings is 2. The van der Waals surface area contributed by atoms with E-state index >= 15 is 0 Å². The number of nitrogens with zero attached hydrogens (tertiary/aromatic N) is 8. The number of aromatic nitrogens is 6. The van der Waals surface area contributed by atoms with E-state index in [2.05, 4.69) is 49.4 Å². The standard InChI is InChI=1S/C22H27ClN6O.C12H18ClN3O2.C10H11N3.Li/c1-28-9-5-15(6-10-28)7-11-29-20(23)13-19(27-29)22(30)26-14-16-2-3-18-17(12-16)4-8-25-21(18)24;1-15-5-2-9(3-6-15)4-7-16-11(13)8-10(14-16)12(17)18;11-6-7-1-2-9-8(5-7)3-4-13-10(9)12;/h2-4,8,12-13,15H,5-7,9-11,14H2,1H3,(H2,24,25)(H,26,30);8-9H,2-7H2,1H3,(H,17,18);1-5H,6,11H2,(H2,12,13);/q;;;+1/p-1. The van der Waals surface area contributed by atoms with Crippen molar-refractivity contribution in [2.75, 3.05) is 51.7 Å². The van der Waals surface area contributed by atoms with Crippen LogP contribution in [-0.4, -0.2) is 91.5 Å². The minimum absolute atomic E-state index is 0. The van der Waals surface area contributed by atoms with Crippen LogP contribution in [0.25, 0.3) is 21.5 Å². The van der Waals surface area contributed by atoms with Gasteiger partial charge in [0.1, 0.15) is 27.6 Å². The van der Waals surface area contributed by atoms with Gasteiger partial charge in [-0.2, -0.15) is 10.2 Å². The number of carboxylic acids is 1. The van der Waals surface area contributed by atoms with Gasteiger partial charge in [0.25, 0.3) is 5.91 Å². The molecule has 0 radical (unpaired) electrons. The number of aryl methyl sites for hydroxylation is 2. The number of fused-ring (bicyclic) bond motifs is 2. The van der Waals surface area contributed by atoms with Crippen LogP contribution in [0, 0.1) is 11.8 Å². The van der Waals surface area contributed by atoms with Gasteiger partial charge < -0.3 is 42.2 Å². The second-order valence-electron chi connectivity index (χ2n) is 15.9. The zero-order valence-corrected chi connectivity index (χ0v) is 37.3. The van der Waals surface area contributed by atoms with Crippen molar-refractivity contribution >= 4 is 68.3 Å². The van der Waals surface area contributed by atoms with E-state index in [1.54, 1.807) is 27.8 Å². The molecule has 6 heterocycles. The Bertz CT molecular complexity index is 2410. The molecule has 0 atom stereocenters. The number of carbonyl (C=O) groups excluding carboxylic acids is 2. The Morgan fingerprint density at radius 1 is 0.710 bits per heavy atom. The first-order chi connectivity index (χ1) is 29.4. The molecule has 0 saturated carbocycles. The number of carbonyl (C=O) groups is 2. The number of rotatable bonds is 11. The van der Waals surface area contributed by atoms with Crippen molar-refractivity contribution in [2.24, 2.45) is 17.6 Å². The third-order valence-electron chi connectivity index (χ3n) is 11.5. The third kappa shape index (κ3) is 13.4. The van der Waals surface area contributed by atoms with Gasteiger partial charge in [-0.3, -0.25) is 14.2 Å². The SMILES string of the molecule is CN1CCC(CCn2nc(C(=O)NCc3ccc4c(N)nccc4c3)cc2Cl)CC1.CN1CCC(CCn2nc(C(=O)[O-])cc2Cl)CC1.NCc1ccc2c(N)nccc2c1.[Li+]. The van der Waals surface area contributed by atoms with Crippen molar-refractivity contribution in [1.82, 2.24) is 44.6 Å². The molecule has 0 unspecified atom stereocenters. The Morgan fingerprint density at radius 3 is 1.63 bits per heavy atom. The van der Waals surface area contributed by atoms with E-state index in [-0.39, 0.29) is 30.5 Å². The average Bonchev–Trinajstić information content (AvgIpc) is 3.84. The number of nitrogens with one attached hydrogen (secondary N) is 1. The van der Waals surface area contributed by atoms with Crippen LogP contribution in [0.5, 0.6) is 0 Å². The first-order valence-corrected chi connectivity index (χ1v) is 21.4. The van der Waals surface area contributed by atoms with Crippen molar-refractivity contribution < 1.29 is 33.6 Å². The van der Waals surface area contributed by atoms with E-state index in [1.807, 2.05) is 48.5 Å². The fraction of sp³-hybridized carbons (Fsp3) is 0.409. The Morgan fingerprint density at radius 2 is 1.16 bits per heavy atom. The normalized spacial score (nSPS) is 15.0. The zero-order valence-electron chi connectivity index (χ0n) is 35.8. The summed E-state index contributed by atoms with van der Waals surface area (Å²) in [5.41, 5.74) is 19.5. The monoisotopic (exact) mass is 876 g/mol. The molecule has 62 heavy (non-hydrogen) atoms. The van der Waals surface area contributed by atoms with Crippen LogP contribution in [0.15, 0.2) is 73.1 Å². The Balaban J connectivity index is 0.000000192. The summed E-state index contributed by atoms with van der Waals surface area (Å²) in [6.07, 6.45) is 10.2. The summed E-state index contributed by atoms with van der Waals surface area (Å²) >= 11 is 12.3. The molecule has 18 heteroatoms. The molecular formula is C44H55Cl2LiN12O3. The Kier molecular flexibility index (Phi) is 18.0. The molecule has 2 fully saturated rings. The summed E-state index contributed by atoms with van der Waals surface area (Å²) in [5.74, 6) is 0.924. The molecule has 2 aliphatic heterocycles. The number of likely N-dealkylation sites (tertiary alicyclic amines) is 2. The number of carboxylic acid groups (broad SMARTS) is 1. The predicted molar refractivity (Wildman–Crippen MR) is 240 cm³/mol. The molecule has 0 bridgehead atoms. The molecular weight excluding hydrogens is 822 g/mol. The van der Waals surface area contributed by atoms with Gasteiger partial charge >= 0.3 is 18.9 Å². The van der Waals surface area contributed by atoms with E-state index < -0.39 is 5.97 Å². The van der Waals surface area contributed by atoms with Gasteiger partial charge in [0.15, 0.2) is 5.69 Å². The topological polar surface area (TPSA) is 215 Å². The summed E-state index contributed by atoms with van der Waals surface area (Å²) in [6.45, 7) is 6.89. The first kappa shape index (κ1) is 48.3. The van der Waals surface area contributed by atoms with Gasteiger partial charge in [-0.05, 0) is 137 Å². The van der Waals surface area contributed by atoms with Crippen LogP contribution in [0.4, 0.5) is 11.6 Å². The van der Waals surface area contributed by atoms with Gasteiger partial charge in [0.05, 0.1) is 5.97 Å². The maximum atomic E-state index is 12.6. The van der Waals surface area contributed by atoms with Crippen LogP contribution < -0.4 is 46.5 Å². The number of benzene rings is 2. The molecule has 1 amide bonds. The minimum Gasteiger partial charge on any atom is -0.543 e. The van der Waals surface area contributed by atoms with Crippen molar-refractivity contribution in [3.8, 4) is 0 Å². The zero-order chi connectivity index (χ0) is 43.5. The molecule has 8 rings (SSSR count). The van der Waals surface area contributed by atoms with Crippen LogP contribution in [0.1, 0.15) is 70.6 Å². The molecule has 7 N–H and O–H groups in total. The predicted octanol–water partition coefficient (Wildman–Crippen LogP) is 2.24. The van der Waals surface area contributed by atoms with E-state index in [1.165, 1.54) is 31.7 Å². The summed E-state index contributed by atoms with van der Waals surface area (Å²) in [5, 5.41) is 26.8. The number of anilines is 2. The van der Waals surface area contributed by atoms with E-state index in [0.29, 0.717) is 59.1 Å². The van der Waals surface area contributed by atoms with E-state index in [9.17, 15) is 14.7 Å². The smallest absolute Gasteiger partial charge is 0.543 e. The molecule has 2 saturated heterocycles. The number of amides is 1. The molecule has 0 aliphatic carbocycles. The van der Waals surface area contributed by atoms with Crippen LogP contribution >= 0.6 is 23.2 Å². The van der Waals surface area contributed by atoms with Gasteiger partial charge in [-0.1, -0.05) is 47.5 Å². The van der Waals surface area contributed by atoms with Crippen molar-refractivity contribution in [3.05, 3.63) is 106 Å². The molecule has 15 nitrogen and oxygen atoms in total. The molecule has 2 aromatic carbocycles. The van der Waals surface area contributed by atoms with Crippen molar-refractivity contribution in [1.29, 1.82) is 0 Å². The van der Waals surface area contributed by atoms with Gasteiger partial charge in [-0.25, -0.2) is 9.97 Å². The Labute approximate surface area is 384 Å². The number of halogens is 2. The van der Waals surface area contributed by atoms with Crippen molar-refractivity contribution in [3.63, 3.8) is 0 Å². The number of hydrogen-bond acceptors (Lipinski definition) is 12. The molecule has 0 spiro atoms. The summed E-state index contributed by atoms with van der Waals surface area (Å²) in [7, 11) is 4.29. The Hall–Kier alpha value is -4.72. The van der Waals surface area contributed by atoms with Gasteiger partial charge in [0.2, 0.25) is 0 Å². The summed E-state index contributed by atoms with van der Waals surface area (Å²) in [6, 6.07) is 18.6. The quantitative estimate of drug-likeness (QED) is 0.138. The molecule has 324 valence electrons. The van der Waals surface area contributed by atoms with Gasteiger partial charge in [0, 0.05) is 61.5 Å². The van der Waals surface area contributed by atoms with Crippen LogP contribution in [0.3, 0.4) is 0 Å². The molecule has 6 aromatic rings. The number of nitrogen functional groups attached to an aromatic ring is 2. The number of piperidine rings is 2. The number of hydrogen-bond donors (Lipinski definition) is 4. The van der Waals surface area contributed by atoms with Crippen molar-refractivity contribution in [2.45, 2.75) is 64.7 Å². The fourth-order valence-electron chi connectivity index (χ4n) is 7.63. The molecule has 4 aromatic heterocycles. The maximum Gasteiger partial charge on any atom is 1.00 e. The number of nitrogens with two attached hydrogens (primary N) is 3. The summed E-state index contributed by atoms with van der Waals surface area (Å²) in [4.78, 5) is 36.0. The molecule has 2 aliphatic rings. The van der Waals surface area contributed by atoms with Crippen LogP contribution in [-0.2, 0) is 26.2 Å². The maximum absolute atomic E-state index is 12.6. The van der Waals surface area contributed by atoms with Gasteiger partial charge in [-0.15, -0.1) is 0 Å². The third-order valence-corrected chi connectivity index (χ3v) is 12.1. The van der Waals surface area contributed by atoms with E-state index in [4.69, 9.17) is 40.4 Å². The number of aromatic carboxylic acids is 1. The second-order valence-corrected chi connectivity index (χ2v) is 16.7.